The first-order valence-electron chi connectivity index (χ1n) is 12.0. The Hall–Kier alpha value is -0.880. The molecule has 0 spiro atoms. The molecule has 44 heavy (non-hydrogen) atoms. The van der Waals surface area contributed by atoms with Crippen molar-refractivity contribution in [2.75, 3.05) is 31.9 Å². The van der Waals surface area contributed by atoms with Gasteiger partial charge < -0.3 is 45.3 Å². The first kappa shape index (κ1) is 45.2. The molecule has 0 aliphatic carbocycles. The maximum atomic E-state index is 11.3. The van der Waals surface area contributed by atoms with Gasteiger partial charge in [-0.05, 0) is 42.3 Å². The van der Waals surface area contributed by atoms with Gasteiger partial charge in [0.25, 0.3) is 0 Å². The van der Waals surface area contributed by atoms with Crippen molar-refractivity contribution in [3.8, 4) is 22.5 Å². The van der Waals surface area contributed by atoms with Crippen molar-refractivity contribution < 1.29 is 158 Å². The van der Waals surface area contributed by atoms with Crippen LogP contribution in [-0.4, -0.2) is 69.8 Å². The van der Waals surface area contributed by atoms with E-state index in [2.05, 4.69) is 9.97 Å². The smallest absolute Gasteiger partial charge is 0.549 e. The van der Waals surface area contributed by atoms with Crippen LogP contribution >= 0.6 is 0 Å². The van der Waals surface area contributed by atoms with E-state index >= 15 is 0 Å². The Kier molecular flexibility index (Phi) is 22.4. The summed E-state index contributed by atoms with van der Waals surface area (Å²) in [5.74, 6) is -5.89. The second kappa shape index (κ2) is 21.8. The van der Waals surface area contributed by atoms with Gasteiger partial charge in [-0.2, -0.15) is 0 Å². The Bertz CT molecular complexity index is 1420. The number of nitrogen functional groups attached to an aromatic ring is 1. The summed E-state index contributed by atoms with van der Waals surface area (Å²) < 4.78 is 0. The van der Waals surface area contributed by atoms with Crippen molar-refractivity contribution in [3.05, 3.63) is 65.5 Å². The fourth-order valence-electron chi connectivity index (χ4n) is 4.05. The molecule has 3 rings (SSSR count). The van der Waals surface area contributed by atoms with Crippen LogP contribution in [0.25, 0.3) is 22.5 Å². The van der Waals surface area contributed by atoms with Crippen LogP contribution in [0.2, 0.25) is 0 Å². The summed E-state index contributed by atoms with van der Waals surface area (Å²) >= 11 is 0. The summed E-state index contributed by atoms with van der Waals surface area (Å²) in [6, 6.07) is 13.5. The van der Waals surface area contributed by atoms with Crippen LogP contribution in [0.1, 0.15) is 17.0 Å². The second-order valence-electron chi connectivity index (χ2n) is 9.05. The monoisotopic (exact) mass is 639 g/mol. The molecule has 0 radical (unpaired) electrons. The molecule has 2 aromatic heterocycles. The summed E-state index contributed by atoms with van der Waals surface area (Å²) in [6.07, 6.45) is 0. The number of carbonyl (C=O) groups is 4. The number of aromatic nitrogens is 2. The average Bonchev–Trinajstić information content (AvgIpc) is 2.84. The van der Waals surface area contributed by atoms with Crippen LogP contribution in [-0.2, 0) is 32.3 Å². The molecule has 17 heteroatoms. The molecule has 1 aromatic carbocycles. The number of benzene rings is 1. The predicted octanol–water partition coefficient (Wildman–Crippen LogP) is -15.7. The minimum absolute atomic E-state index is 0. The zero-order valence-corrected chi connectivity index (χ0v) is 33.5. The fraction of sp³-hybridized carbons (Fsp3) is 0.259. The zero-order chi connectivity index (χ0) is 29.4. The fourth-order valence-corrected chi connectivity index (χ4v) is 4.05. The summed E-state index contributed by atoms with van der Waals surface area (Å²) in [5.41, 5.74) is 10.0. The quantitative estimate of drug-likeness (QED) is 0.128. The Morgan fingerprint density at radius 2 is 1.18 bits per heavy atom. The number of rotatable bonds is 14. The Labute approximate surface area is 342 Å². The van der Waals surface area contributed by atoms with Gasteiger partial charge in [0.2, 0.25) is 0 Å². The molecule has 0 aliphatic rings. The maximum absolute atomic E-state index is 11.3. The van der Waals surface area contributed by atoms with Gasteiger partial charge >= 0.3 is 118 Å². The molecule has 0 aliphatic heterocycles. The van der Waals surface area contributed by atoms with E-state index in [-0.39, 0.29) is 131 Å². The molecular weight excluding hydrogens is 614 g/mol. The van der Waals surface area contributed by atoms with Gasteiger partial charge in [0.1, 0.15) is 0 Å². The van der Waals surface area contributed by atoms with E-state index in [1.54, 1.807) is 48.5 Å². The zero-order valence-electron chi connectivity index (χ0n) is 25.5. The average molecular weight is 639 g/mol. The number of carboxylic acid groups (broad SMARTS) is 4. The maximum Gasteiger partial charge on any atom is 1.00 e. The minimum atomic E-state index is -1.48. The summed E-state index contributed by atoms with van der Waals surface area (Å²) in [5, 5.41) is 44.6. The van der Waals surface area contributed by atoms with E-state index in [0.717, 1.165) is 15.4 Å². The first-order valence-corrected chi connectivity index (χ1v) is 12.0. The Morgan fingerprint density at radius 1 is 0.682 bits per heavy atom. The SMILES string of the molecule is Cc1ccc(-c2ccc(-c3cccc(CN(CC(=O)[O-])CC(=O)[O-])n3)nc2CN(CC(=O)[O-])CC(=O)[O-])cc1N.[Na+].[Na+].[Na+].[Na+]. The molecule has 210 valence electrons. The first-order chi connectivity index (χ1) is 18.9. The van der Waals surface area contributed by atoms with Crippen LogP contribution in [0.3, 0.4) is 0 Å². The molecule has 0 atom stereocenters. The molecule has 0 saturated heterocycles. The second-order valence-corrected chi connectivity index (χ2v) is 9.05. The number of hydrogen-bond donors (Lipinski definition) is 1. The number of carbonyl (C=O) groups excluding carboxylic acids is 4. The summed E-state index contributed by atoms with van der Waals surface area (Å²) in [6.45, 7) is -1.15. The summed E-state index contributed by atoms with van der Waals surface area (Å²) in [7, 11) is 0. The van der Waals surface area contributed by atoms with Crippen molar-refractivity contribution in [2.45, 2.75) is 20.0 Å². The van der Waals surface area contributed by atoms with Crippen LogP contribution in [0.4, 0.5) is 5.69 Å². The van der Waals surface area contributed by atoms with E-state index in [1.165, 1.54) is 0 Å². The van der Waals surface area contributed by atoms with Crippen molar-refractivity contribution in [2.24, 2.45) is 0 Å². The van der Waals surface area contributed by atoms with Gasteiger partial charge in [0.05, 0.1) is 46.7 Å². The van der Waals surface area contributed by atoms with Crippen LogP contribution in [0.5, 0.6) is 0 Å². The number of nitrogens with two attached hydrogens (primary N) is 1. The van der Waals surface area contributed by atoms with Gasteiger partial charge in [0, 0.05) is 50.5 Å². The molecule has 13 nitrogen and oxygen atoms in total. The van der Waals surface area contributed by atoms with E-state index in [0.29, 0.717) is 39.6 Å². The third kappa shape index (κ3) is 14.7. The predicted molar refractivity (Wildman–Crippen MR) is 133 cm³/mol. The summed E-state index contributed by atoms with van der Waals surface area (Å²) in [4.78, 5) is 55.9. The van der Waals surface area contributed by atoms with Crippen molar-refractivity contribution in [1.82, 2.24) is 19.8 Å². The van der Waals surface area contributed by atoms with Gasteiger partial charge in [-0.25, -0.2) is 9.97 Å². The number of nitrogens with zero attached hydrogens (tertiary/aromatic N) is 4. The van der Waals surface area contributed by atoms with E-state index in [9.17, 15) is 39.6 Å². The number of carboxylic acids is 4. The molecule has 0 saturated carbocycles. The van der Waals surface area contributed by atoms with Crippen molar-refractivity contribution in [3.63, 3.8) is 0 Å². The van der Waals surface area contributed by atoms with Gasteiger partial charge in [-0.3, -0.25) is 9.80 Å². The number of aliphatic carboxylic acids is 4. The Balaban J connectivity index is 0. The number of anilines is 1. The Morgan fingerprint density at radius 3 is 1.68 bits per heavy atom. The number of hydrogen-bond acceptors (Lipinski definition) is 13. The van der Waals surface area contributed by atoms with Crippen LogP contribution in [0.15, 0.2) is 48.5 Å². The van der Waals surface area contributed by atoms with Crippen LogP contribution in [0, 0.1) is 6.92 Å². The topological polar surface area (TPSA) is 219 Å². The number of pyridine rings is 2. The largest absolute Gasteiger partial charge is 1.00 e. The molecule has 2 N–H and O–H groups in total. The minimum Gasteiger partial charge on any atom is -0.549 e. The molecule has 0 amide bonds. The van der Waals surface area contributed by atoms with Crippen molar-refractivity contribution >= 4 is 29.6 Å². The normalized spacial score (nSPS) is 10.1. The standard InChI is InChI=1S/C27H29N5O8.4Na/c1-16-5-6-17(9-20(16)28)19-7-8-22(30-23(19)11-32(14-26(37)38)15-27(39)40)21-4-2-3-18(29-21)10-31(12-24(33)34)13-25(35)36;;;;/h2-9H,10-15,28H2,1H3,(H,33,34)(H,35,36)(H,37,38)(H,39,40);;;;/q;4*+1/p-4. The number of aryl methyl sites for hydroxylation is 1. The molecule has 0 fully saturated rings. The molecular formula is C27H25N5Na4O8. The molecule has 2 heterocycles. The van der Waals surface area contributed by atoms with Crippen molar-refractivity contribution in [1.29, 1.82) is 0 Å². The van der Waals surface area contributed by atoms with E-state index in [1.807, 2.05) is 6.92 Å². The molecule has 0 unspecified atom stereocenters. The van der Waals surface area contributed by atoms with Gasteiger partial charge in [0.15, 0.2) is 0 Å². The molecule has 3 aromatic rings. The third-order valence-corrected chi connectivity index (χ3v) is 5.80. The van der Waals surface area contributed by atoms with Gasteiger partial charge in [-0.15, -0.1) is 0 Å². The van der Waals surface area contributed by atoms with Gasteiger partial charge in [-0.1, -0.05) is 24.3 Å². The third-order valence-electron chi connectivity index (χ3n) is 5.80. The molecule has 0 bridgehead atoms. The van der Waals surface area contributed by atoms with Crippen LogP contribution < -0.4 is 144 Å². The van der Waals surface area contributed by atoms with E-state index < -0.39 is 50.1 Å². The van der Waals surface area contributed by atoms with E-state index in [4.69, 9.17) is 5.73 Å².